The predicted octanol–water partition coefficient (Wildman–Crippen LogP) is 5.33. The van der Waals surface area contributed by atoms with Gasteiger partial charge in [-0.15, -0.1) is 0 Å². The molecule has 1 atom stereocenters. The van der Waals surface area contributed by atoms with Crippen LogP contribution in [-0.4, -0.2) is 33.1 Å². The second-order valence-corrected chi connectivity index (χ2v) is 8.91. The summed E-state index contributed by atoms with van der Waals surface area (Å²) in [5, 5.41) is -0.269. The number of pyridine rings is 2. The van der Waals surface area contributed by atoms with Gasteiger partial charge in [0.15, 0.2) is 11.6 Å². The van der Waals surface area contributed by atoms with E-state index >= 15 is 4.39 Å². The van der Waals surface area contributed by atoms with Crippen LogP contribution < -0.4 is 21.1 Å². The highest BCUT2D eigenvalue weighted by molar-refractivity contribution is 6.36. The van der Waals surface area contributed by atoms with Crippen molar-refractivity contribution in [2.45, 2.75) is 26.1 Å². The highest BCUT2D eigenvalue weighted by Gasteiger charge is 2.40. The molecule has 4 aromatic rings. The fourth-order valence-corrected chi connectivity index (χ4v) is 4.99. The Kier molecular flexibility index (Phi) is 5.94. The summed E-state index contributed by atoms with van der Waals surface area (Å²) in [6, 6.07) is 4.25. The van der Waals surface area contributed by atoms with Crippen molar-refractivity contribution >= 4 is 40.0 Å². The SMILES string of the molecule is Cc1cc(N)nc(-c2c(Cl)c3c4c(ncnc4c2F)N([C@H](C)c2cccnc2N)CCO3)c1C(F)(F)F. The molecule has 8 nitrogen and oxygen atoms in total. The lowest BCUT2D eigenvalue weighted by Crippen LogP contribution is -2.31. The fourth-order valence-electron chi connectivity index (χ4n) is 4.67. The van der Waals surface area contributed by atoms with E-state index in [-0.39, 0.29) is 58.1 Å². The summed E-state index contributed by atoms with van der Waals surface area (Å²) in [6.45, 7) is 3.43. The van der Waals surface area contributed by atoms with Crippen LogP contribution in [0.5, 0.6) is 5.75 Å². The first-order valence-electron chi connectivity index (χ1n) is 11.1. The van der Waals surface area contributed by atoms with Crippen LogP contribution in [0.1, 0.15) is 29.7 Å². The van der Waals surface area contributed by atoms with Crippen molar-refractivity contribution in [3.8, 4) is 17.0 Å². The Morgan fingerprint density at radius 1 is 1.19 bits per heavy atom. The van der Waals surface area contributed by atoms with E-state index in [0.717, 1.165) is 12.4 Å². The van der Waals surface area contributed by atoms with Crippen LogP contribution in [0.15, 0.2) is 30.7 Å². The number of ether oxygens (including phenoxy) is 1. The van der Waals surface area contributed by atoms with Crippen molar-refractivity contribution in [2.75, 3.05) is 29.5 Å². The molecule has 0 spiro atoms. The summed E-state index contributed by atoms with van der Waals surface area (Å²) in [7, 11) is 0. The first-order valence-corrected chi connectivity index (χ1v) is 11.5. The van der Waals surface area contributed by atoms with Crippen molar-refractivity contribution in [1.82, 2.24) is 19.9 Å². The predicted molar refractivity (Wildman–Crippen MR) is 132 cm³/mol. The number of hydrogen-bond acceptors (Lipinski definition) is 8. The first kappa shape index (κ1) is 24.8. The van der Waals surface area contributed by atoms with Gasteiger partial charge in [-0.1, -0.05) is 17.7 Å². The number of aromatic nitrogens is 4. The second kappa shape index (κ2) is 8.87. The third-order valence-electron chi connectivity index (χ3n) is 6.30. The molecular formula is C24H20ClF4N7O. The van der Waals surface area contributed by atoms with Gasteiger partial charge in [-0.05, 0) is 31.5 Å². The molecule has 0 aliphatic carbocycles. The summed E-state index contributed by atoms with van der Waals surface area (Å²) in [5.41, 5.74) is 9.53. The topological polar surface area (TPSA) is 116 Å². The Hall–Kier alpha value is -3.93. The van der Waals surface area contributed by atoms with E-state index in [2.05, 4.69) is 19.9 Å². The number of benzene rings is 1. The molecule has 13 heteroatoms. The molecule has 4 heterocycles. The van der Waals surface area contributed by atoms with Crippen molar-refractivity contribution < 1.29 is 22.3 Å². The molecule has 0 saturated carbocycles. The number of nitrogen functional groups attached to an aromatic ring is 2. The molecule has 1 aromatic carbocycles. The van der Waals surface area contributed by atoms with Gasteiger partial charge < -0.3 is 21.1 Å². The Morgan fingerprint density at radius 3 is 2.65 bits per heavy atom. The molecule has 4 N–H and O–H groups in total. The van der Waals surface area contributed by atoms with Crippen LogP contribution in [-0.2, 0) is 6.18 Å². The zero-order valence-electron chi connectivity index (χ0n) is 19.6. The highest BCUT2D eigenvalue weighted by atomic mass is 35.5. The maximum Gasteiger partial charge on any atom is 0.418 e. The Bertz CT molecular complexity index is 1550. The summed E-state index contributed by atoms with van der Waals surface area (Å²) < 4.78 is 64.1. The van der Waals surface area contributed by atoms with E-state index in [1.54, 1.807) is 18.3 Å². The Labute approximate surface area is 213 Å². The number of aryl methyl sites for hydroxylation is 1. The maximum atomic E-state index is 16.1. The van der Waals surface area contributed by atoms with Crippen LogP contribution in [0.3, 0.4) is 0 Å². The Morgan fingerprint density at radius 2 is 1.95 bits per heavy atom. The largest absolute Gasteiger partial charge is 0.489 e. The fraction of sp³-hybridized carbons (Fsp3) is 0.250. The van der Waals surface area contributed by atoms with Crippen molar-refractivity contribution in [3.05, 3.63) is 58.3 Å². The molecule has 0 fully saturated rings. The minimum absolute atomic E-state index is 0.0486. The average Bonchev–Trinajstić information content (AvgIpc) is 3.02. The van der Waals surface area contributed by atoms with Gasteiger partial charge in [-0.2, -0.15) is 13.2 Å². The molecule has 192 valence electrons. The summed E-state index contributed by atoms with van der Waals surface area (Å²) in [6.07, 6.45) is -2.16. The smallest absolute Gasteiger partial charge is 0.418 e. The molecule has 1 aliphatic rings. The molecule has 5 rings (SSSR count). The van der Waals surface area contributed by atoms with Crippen LogP contribution in [0.2, 0.25) is 5.02 Å². The molecule has 0 unspecified atom stereocenters. The number of halogens is 5. The molecule has 0 bridgehead atoms. The van der Waals surface area contributed by atoms with E-state index in [0.29, 0.717) is 11.4 Å². The summed E-state index contributed by atoms with van der Waals surface area (Å²) in [5.74, 6) is -0.774. The van der Waals surface area contributed by atoms with E-state index in [1.165, 1.54) is 6.92 Å². The Balaban J connectivity index is 1.80. The van der Waals surface area contributed by atoms with Gasteiger partial charge in [-0.3, -0.25) is 0 Å². The first-order chi connectivity index (χ1) is 17.5. The van der Waals surface area contributed by atoms with Crippen molar-refractivity contribution in [2.24, 2.45) is 0 Å². The number of hydrogen-bond donors (Lipinski definition) is 2. The van der Waals surface area contributed by atoms with Gasteiger partial charge in [0.25, 0.3) is 0 Å². The van der Waals surface area contributed by atoms with Crippen LogP contribution in [0, 0.1) is 12.7 Å². The van der Waals surface area contributed by atoms with Gasteiger partial charge in [0.05, 0.1) is 39.8 Å². The highest BCUT2D eigenvalue weighted by Crippen LogP contribution is 2.50. The lowest BCUT2D eigenvalue weighted by atomic mass is 9.98. The van der Waals surface area contributed by atoms with Gasteiger partial charge in [0.2, 0.25) is 0 Å². The van der Waals surface area contributed by atoms with Gasteiger partial charge in [0.1, 0.15) is 35.9 Å². The third-order valence-corrected chi connectivity index (χ3v) is 6.66. The van der Waals surface area contributed by atoms with E-state index in [9.17, 15) is 13.2 Å². The van der Waals surface area contributed by atoms with Gasteiger partial charge in [0, 0.05) is 11.8 Å². The molecule has 0 saturated heterocycles. The maximum absolute atomic E-state index is 16.1. The third kappa shape index (κ3) is 4.01. The van der Waals surface area contributed by atoms with E-state index in [1.807, 2.05) is 11.8 Å². The van der Waals surface area contributed by atoms with Crippen molar-refractivity contribution in [3.63, 3.8) is 0 Å². The molecule has 1 aliphatic heterocycles. The zero-order valence-corrected chi connectivity index (χ0v) is 20.3. The lowest BCUT2D eigenvalue weighted by molar-refractivity contribution is -0.137. The van der Waals surface area contributed by atoms with E-state index in [4.69, 9.17) is 27.8 Å². The average molecular weight is 534 g/mol. The lowest BCUT2D eigenvalue weighted by Gasteiger charge is -2.30. The molecule has 37 heavy (non-hydrogen) atoms. The standard InChI is InChI=1S/C24H20ClF4N7O/c1-10-8-13(30)35-19(16(10)24(27,28)29)14-17(25)21-15-20(18(14)26)33-9-34-23(15)36(6-7-37-21)11(2)12-4-3-5-32-22(12)31/h3-5,8-9,11H,6-7H2,1-2H3,(H2,30,35)(H2,31,32)/t11-/m1/s1. The minimum atomic E-state index is -4.85. The number of nitrogens with two attached hydrogens (primary N) is 2. The molecule has 0 amide bonds. The number of alkyl halides is 3. The normalized spacial score (nSPS) is 14.4. The zero-order chi connectivity index (χ0) is 26.6. The molecule has 0 radical (unpaired) electrons. The van der Waals surface area contributed by atoms with Crippen LogP contribution in [0.4, 0.5) is 35.0 Å². The van der Waals surface area contributed by atoms with Crippen LogP contribution >= 0.6 is 11.6 Å². The quantitative estimate of drug-likeness (QED) is 0.339. The van der Waals surface area contributed by atoms with Gasteiger partial charge in [-0.25, -0.2) is 24.3 Å². The van der Waals surface area contributed by atoms with Crippen molar-refractivity contribution in [1.29, 1.82) is 0 Å². The monoisotopic (exact) mass is 533 g/mol. The van der Waals surface area contributed by atoms with Crippen LogP contribution in [0.25, 0.3) is 22.2 Å². The number of anilines is 3. The van der Waals surface area contributed by atoms with Gasteiger partial charge >= 0.3 is 6.18 Å². The number of rotatable bonds is 3. The summed E-state index contributed by atoms with van der Waals surface area (Å²) >= 11 is 6.59. The summed E-state index contributed by atoms with van der Waals surface area (Å²) in [4.78, 5) is 18.2. The molecular weight excluding hydrogens is 514 g/mol. The molecule has 3 aromatic heterocycles. The number of nitrogens with zero attached hydrogens (tertiary/aromatic N) is 5. The minimum Gasteiger partial charge on any atom is -0.489 e. The van der Waals surface area contributed by atoms with E-state index < -0.39 is 28.8 Å². The second-order valence-electron chi connectivity index (χ2n) is 8.53.